The number of nitrogens with zero attached hydrogens (tertiary/aromatic N) is 3. The predicted molar refractivity (Wildman–Crippen MR) is 133 cm³/mol. The van der Waals surface area contributed by atoms with Crippen LogP contribution >= 0.6 is 0 Å². The van der Waals surface area contributed by atoms with Gasteiger partial charge in [0.05, 0.1) is 25.8 Å². The number of unbranched alkanes of at least 4 members (excludes halogenated alkanes) is 3. The summed E-state index contributed by atoms with van der Waals surface area (Å²) in [5.41, 5.74) is 16.2. The van der Waals surface area contributed by atoms with Crippen molar-refractivity contribution in [3.8, 4) is 5.75 Å². The Hall–Kier alpha value is -3.36. The van der Waals surface area contributed by atoms with Gasteiger partial charge >= 0.3 is 0 Å². The quantitative estimate of drug-likeness (QED) is 0.299. The van der Waals surface area contributed by atoms with Crippen molar-refractivity contribution in [1.82, 2.24) is 14.5 Å². The van der Waals surface area contributed by atoms with Crippen LogP contribution in [0, 0.1) is 0 Å². The standard InChI is InChI=1S/C19H19N5O2.C6H14O/c1-26-15-7-6-11(10-25)8-12(15)9-24-14-5-3-2-4-13(14)16-17(24)18(20)23-19(21)22-16;1-2-3-4-5-6-7/h2-8,25H,9-10H2,1H3,(H4,20,21,22,23);7H,2-6H2,1H3. The molecule has 2 aromatic heterocycles. The molecule has 2 aromatic carbocycles. The number of fused-ring (bicyclic) bond motifs is 3. The Morgan fingerprint density at radius 3 is 2.48 bits per heavy atom. The average molecular weight is 452 g/mol. The maximum Gasteiger partial charge on any atom is 0.222 e. The second kappa shape index (κ2) is 11.5. The van der Waals surface area contributed by atoms with Gasteiger partial charge in [-0.1, -0.05) is 50.5 Å². The van der Waals surface area contributed by atoms with Gasteiger partial charge in [-0.2, -0.15) is 4.98 Å². The highest BCUT2D eigenvalue weighted by atomic mass is 16.5. The molecule has 0 atom stereocenters. The lowest BCUT2D eigenvalue weighted by Gasteiger charge is -2.13. The largest absolute Gasteiger partial charge is 0.496 e. The lowest BCUT2D eigenvalue weighted by molar-refractivity contribution is 0.281. The van der Waals surface area contributed by atoms with Crippen LogP contribution in [0.2, 0.25) is 0 Å². The van der Waals surface area contributed by atoms with Gasteiger partial charge in [0.1, 0.15) is 16.8 Å². The van der Waals surface area contributed by atoms with Crippen LogP contribution in [0.5, 0.6) is 5.75 Å². The number of hydrogen-bond donors (Lipinski definition) is 4. The summed E-state index contributed by atoms with van der Waals surface area (Å²) in [6.07, 6.45) is 4.68. The minimum Gasteiger partial charge on any atom is -0.496 e. The molecule has 0 aliphatic carbocycles. The smallest absolute Gasteiger partial charge is 0.222 e. The van der Waals surface area contributed by atoms with E-state index in [0.29, 0.717) is 19.0 Å². The zero-order valence-corrected chi connectivity index (χ0v) is 19.3. The summed E-state index contributed by atoms with van der Waals surface area (Å²) >= 11 is 0. The molecule has 0 fully saturated rings. The normalized spacial score (nSPS) is 10.9. The molecule has 2 heterocycles. The second-order valence-corrected chi connectivity index (χ2v) is 7.86. The number of methoxy groups -OCH3 is 1. The number of anilines is 2. The zero-order valence-electron chi connectivity index (χ0n) is 19.3. The SMILES string of the molecule is CCCCCCO.COc1ccc(CO)cc1Cn1c2ccccc2c2nc(N)nc(N)c21. The van der Waals surface area contributed by atoms with Gasteiger partial charge in [-0.25, -0.2) is 4.98 Å². The summed E-state index contributed by atoms with van der Waals surface area (Å²) < 4.78 is 7.54. The first-order chi connectivity index (χ1) is 16.0. The van der Waals surface area contributed by atoms with Gasteiger partial charge in [-0.15, -0.1) is 0 Å². The van der Waals surface area contributed by atoms with E-state index < -0.39 is 0 Å². The van der Waals surface area contributed by atoms with Gasteiger partial charge in [0, 0.05) is 17.6 Å². The molecule has 0 aliphatic rings. The molecule has 4 rings (SSSR count). The van der Waals surface area contributed by atoms with Crippen LogP contribution in [0.15, 0.2) is 42.5 Å². The molecule has 0 amide bonds. The number of nitrogen functional groups attached to an aromatic ring is 2. The van der Waals surface area contributed by atoms with E-state index in [1.807, 2.05) is 42.5 Å². The lowest BCUT2D eigenvalue weighted by Crippen LogP contribution is -2.06. The van der Waals surface area contributed by atoms with E-state index in [2.05, 4.69) is 21.5 Å². The fourth-order valence-electron chi connectivity index (χ4n) is 3.90. The Kier molecular flexibility index (Phi) is 8.46. The maximum absolute atomic E-state index is 9.47. The number of para-hydroxylation sites is 1. The number of ether oxygens (including phenoxy) is 1. The molecule has 8 nitrogen and oxygen atoms in total. The van der Waals surface area contributed by atoms with Crippen molar-refractivity contribution in [2.24, 2.45) is 0 Å². The number of aliphatic hydroxyl groups is 2. The van der Waals surface area contributed by atoms with E-state index in [9.17, 15) is 5.11 Å². The zero-order chi connectivity index (χ0) is 23.8. The number of aliphatic hydroxyl groups excluding tert-OH is 2. The Bertz CT molecular complexity index is 1200. The lowest BCUT2D eigenvalue weighted by atomic mass is 10.1. The van der Waals surface area contributed by atoms with Crippen molar-refractivity contribution in [3.63, 3.8) is 0 Å². The molecule has 4 aromatic rings. The van der Waals surface area contributed by atoms with Crippen LogP contribution in [-0.2, 0) is 13.2 Å². The monoisotopic (exact) mass is 451 g/mol. The fraction of sp³-hybridized carbons (Fsp3) is 0.360. The van der Waals surface area contributed by atoms with Gasteiger partial charge in [-0.3, -0.25) is 0 Å². The first kappa shape index (κ1) is 24.3. The molecule has 0 aliphatic heterocycles. The Morgan fingerprint density at radius 2 is 1.79 bits per heavy atom. The third-order valence-electron chi connectivity index (χ3n) is 5.52. The van der Waals surface area contributed by atoms with Gasteiger partial charge in [0.25, 0.3) is 0 Å². The van der Waals surface area contributed by atoms with Crippen LogP contribution in [0.25, 0.3) is 21.9 Å². The molecule has 6 N–H and O–H groups in total. The predicted octanol–water partition coefficient (Wildman–Crippen LogP) is 3.86. The Morgan fingerprint density at radius 1 is 1.00 bits per heavy atom. The molecular formula is C25H33N5O3. The van der Waals surface area contributed by atoms with Crippen molar-refractivity contribution in [2.75, 3.05) is 25.2 Å². The van der Waals surface area contributed by atoms with Crippen LogP contribution < -0.4 is 16.2 Å². The molecule has 0 bridgehead atoms. The summed E-state index contributed by atoms with van der Waals surface area (Å²) in [6, 6.07) is 13.5. The van der Waals surface area contributed by atoms with E-state index in [1.54, 1.807) is 7.11 Å². The highest BCUT2D eigenvalue weighted by Crippen LogP contribution is 2.33. The van der Waals surface area contributed by atoms with Gasteiger partial charge in [-0.05, 0) is 30.2 Å². The first-order valence-corrected chi connectivity index (χ1v) is 11.2. The molecule has 33 heavy (non-hydrogen) atoms. The van der Waals surface area contributed by atoms with Crippen LogP contribution in [0.4, 0.5) is 11.8 Å². The molecular weight excluding hydrogens is 418 g/mol. The number of benzene rings is 2. The van der Waals surface area contributed by atoms with Crippen molar-refractivity contribution in [2.45, 2.75) is 45.8 Å². The summed E-state index contributed by atoms with van der Waals surface area (Å²) in [5.74, 6) is 1.22. The third kappa shape index (κ3) is 5.53. The molecule has 8 heteroatoms. The Labute approximate surface area is 193 Å². The van der Waals surface area contributed by atoms with E-state index in [4.69, 9.17) is 21.3 Å². The van der Waals surface area contributed by atoms with Crippen molar-refractivity contribution in [1.29, 1.82) is 0 Å². The van der Waals surface area contributed by atoms with E-state index in [0.717, 1.165) is 45.2 Å². The molecule has 0 radical (unpaired) electrons. The third-order valence-corrected chi connectivity index (χ3v) is 5.52. The van der Waals surface area contributed by atoms with E-state index in [1.165, 1.54) is 19.3 Å². The summed E-state index contributed by atoms with van der Waals surface area (Å²) in [5, 5.41) is 18.7. The van der Waals surface area contributed by atoms with Crippen LogP contribution in [0.3, 0.4) is 0 Å². The Balaban J connectivity index is 0.000000383. The molecule has 0 saturated heterocycles. The summed E-state index contributed by atoms with van der Waals surface area (Å²) in [6.45, 7) is 2.99. The maximum atomic E-state index is 9.47. The van der Waals surface area contributed by atoms with E-state index in [-0.39, 0.29) is 12.6 Å². The minimum atomic E-state index is -0.0358. The topological polar surface area (TPSA) is 132 Å². The van der Waals surface area contributed by atoms with Gasteiger partial charge < -0.3 is 31.0 Å². The average Bonchev–Trinajstić information content (AvgIpc) is 3.13. The summed E-state index contributed by atoms with van der Waals surface area (Å²) in [7, 11) is 1.63. The minimum absolute atomic E-state index is 0.0358. The van der Waals surface area contributed by atoms with E-state index >= 15 is 0 Å². The van der Waals surface area contributed by atoms with Crippen LogP contribution in [-0.4, -0.2) is 38.5 Å². The van der Waals surface area contributed by atoms with Crippen molar-refractivity contribution >= 4 is 33.7 Å². The van der Waals surface area contributed by atoms with Crippen LogP contribution in [0.1, 0.15) is 43.7 Å². The first-order valence-electron chi connectivity index (χ1n) is 11.2. The highest BCUT2D eigenvalue weighted by molar-refractivity contribution is 6.09. The number of aromatic nitrogens is 3. The molecule has 0 unspecified atom stereocenters. The van der Waals surface area contributed by atoms with Crippen molar-refractivity contribution < 1.29 is 14.9 Å². The molecule has 0 saturated carbocycles. The number of hydrogen-bond acceptors (Lipinski definition) is 7. The van der Waals surface area contributed by atoms with Gasteiger partial charge in [0.15, 0.2) is 5.82 Å². The summed E-state index contributed by atoms with van der Waals surface area (Å²) in [4.78, 5) is 8.53. The molecule has 0 spiro atoms. The van der Waals surface area contributed by atoms with Gasteiger partial charge in [0.2, 0.25) is 5.95 Å². The fourth-order valence-corrected chi connectivity index (χ4v) is 3.90. The highest BCUT2D eigenvalue weighted by Gasteiger charge is 2.17. The van der Waals surface area contributed by atoms with Crippen molar-refractivity contribution in [3.05, 3.63) is 53.6 Å². The number of nitrogens with two attached hydrogens (primary N) is 2. The number of rotatable bonds is 8. The molecule has 176 valence electrons. The second-order valence-electron chi connectivity index (χ2n) is 7.86.